The standard InChI is InChI=1S/C14H21N5O3S/c1-11-14(9-17(2)16-11)23(21,22)19-6-3-12(13(20)4-7-19)18-8-5-15-10-18/h5,8-10,12-13,20H,3-4,6-7H2,1-2H3/t12-,13-/m0/s1. The van der Waals surface area contributed by atoms with Crippen molar-refractivity contribution in [3.8, 4) is 0 Å². The van der Waals surface area contributed by atoms with E-state index in [4.69, 9.17) is 0 Å². The maximum atomic E-state index is 12.8. The van der Waals surface area contributed by atoms with Crippen LogP contribution in [0, 0.1) is 6.92 Å². The average Bonchev–Trinajstić information content (AvgIpc) is 3.07. The van der Waals surface area contributed by atoms with Gasteiger partial charge in [-0.15, -0.1) is 0 Å². The predicted octanol–water partition coefficient (Wildman–Crippen LogP) is 0.312. The summed E-state index contributed by atoms with van der Waals surface area (Å²) in [6.07, 6.45) is 6.97. The molecule has 1 aliphatic rings. The lowest BCUT2D eigenvalue weighted by molar-refractivity contribution is 0.108. The van der Waals surface area contributed by atoms with E-state index in [2.05, 4.69) is 10.1 Å². The van der Waals surface area contributed by atoms with Gasteiger partial charge in [0.05, 0.1) is 24.2 Å². The molecule has 1 fully saturated rings. The molecule has 2 aromatic heterocycles. The van der Waals surface area contributed by atoms with Crippen molar-refractivity contribution in [3.05, 3.63) is 30.6 Å². The molecule has 0 unspecified atom stereocenters. The van der Waals surface area contributed by atoms with Crippen molar-refractivity contribution in [1.82, 2.24) is 23.6 Å². The number of aliphatic hydroxyl groups excluding tert-OH is 1. The second-order valence-electron chi connectivity index (χ2n) is 5.88. The monoisotopic (exact) mass is 339 g/mol. The Morgan fingerprint density at radius 1 is 1.30 bits per heavy atom. The molecule has 0 saturated carbocycles. The number of aliphatic hydroxyl groups is 1. The first-order valence-corrected chi connectivity index (χ1v) is 8.99. The van der Waals surface area contributed by atoms with E-state index < -0.39 is 16.1 Å². The molecule has 1 saturated heterocycles. The number of nitrogens with zero attached hydrogens (tertiary/aromatic N) is 5. The Hall–Kier alpha value is -1.71. The van der Waals surface area contributed by atoms with Gasteiger partial charge in [0.15, 0.2) is 0 Å². The summed E-state index contributed by atoms with van der Waals surface area (Å²) in [6.45, 7) is 2.34. The molecule has 0 radical (unpaired) electrons. The third-order valence-electron chi connectivity index (χ3n) is 4.29. The average molecular weight is 339 g/mol. The van der Waals surface area contributed by atoms with Crippen LogP contribution in [0.3, 0.4) is 0 Å². The first-order chi connectivity index (χ1) is 10.9. The molecule has 23 heavy (non-hydrogen) atoms. The minimum Gasteiger partial charge on any atom is -0.391 e. The highest BCUT2D eigenvalue weighted by atomic mass is 32.2. The summed E-state index contributed by atoms with van der Waals surface area (Å²) in [4.78, 5) is 4.23. The van der Waals surface area contributed by atoms with Crippen molar-refractivity contribution in [2.75, 3.05) is 13.1 Å². The fourth-order valence-electron chi connectivity index (χ4n) is 3.07. The number of sulfonamides is 1. The Labute approximate surface area is 135 Å². The molecule has 2 aromatic rings. The van der Waals surface area contributed by atoms with Crippen LogP contribution in [0.15, 0.2) is 29.8 Å². The molecule has 8 nitrogen and oxygen atoms in total. The summed E-state index contributed by atoms with van der Waals surface area (Å²) >= 11 is 0. The van der Waals surface area contributed by atoms with Crippen molar-refractivity contribution >= 4 is 10.0 Å². The van der Waals surface area contributed by atoms with Gasteiger partial charge in [-0.25, -0.2) is 13.4 Å². The molecule has 0 bridgehead atoms. The third kappa shape index (κ3) is 3.04. The van der Waals surface area contributed by atoms with E-state index in [0.29, 0.717) is 31.6 Å². The van der Waals surface area contributed by atoms with Gasteiger partial charge in [-0.05, 0) is 19.8 Å². The molecular weight excluding hydrogens is 318 g/mol. The highest BCUT2D eigenvalue weighted by molar-refractivity contribution is 7.89. The Bertz CT molecular complexity index is 768. The molecule has 2 atom stereocenters. The Morgan fingerprint density at radius 3 is 2.65 bits per heavy atom. The minimum absolute atomic E-state index is 0.160. The lowest BCUT2D eigenvalue weighted by Crippen LogP contribution is -2.32. The first kappa shape index (κ1) is 16.2. The smallest absolute Gasteiger partial charge is 0.246 e. The van der Waals surface area contributed by atoms with E-state index in [0.717, 1.165) is 0 Å². The number of aromatic nitrogens is 4. The fourth-order valence-corrected chi connectivity index (χ4v) is 4.74. The first-order valence-electron chi connectivity index (χ1n) is 7.55. The van der Waals surface area contributed by atoms with Gasteiger partial charge in [-0.2, -0.15) is 9.40 Å². The zero-order valence-corrected chi connectivity index (χ0v) is 14.0. The molecule has 1 aliphatic heterocycles. The SMILES string of the molecule is Cc1nn(C)cc1S(=O)(=O)N1CC[C@H](O)[C@@H](n2ccnc2)CC1. The van der Waals surface area contributed by atoms with Crippen LogP contribution in [0.25, 0.3) is 0 Å². The zero-order chi connectivity index (χ0) is 16.6. The molecule has 0 spiro atoms. The van der Waals surface area contributed by atoms with Gasteiger partial charge < -0.3 is 9.67 Å². The molecule has 0 aromatic carbocycles. The van der Waals surface area contributed by atoms with E-state index in [1.54, 1.807) is 32.7 Å². The molecule has 3 rings (SSSR count). The summed E-state index contributed by atoms with van der Waals surface area (Å²) in [7, 11) is -1.90. The van der Waals surface area contributed by atoms with Crippen molar-refractivity contribution < 1.29 is 13.5 Å². The van der Waals surface area contributed by atoms with Crippen molar-refractivity contribution in [3.63, 3.8) is 0 Å². The van der Waals surface area contributed by atoms with E-state index in [9.17, 15) is 13.5 Å². The molecule has 0 amide bonds. The van der Waals surface area contributed by atoms with Crippen molar-refractivity contribution in [2.24, 2.45) is 7.05 Å². The number of aryl methyl sites for hydroxylation is 2. The maximum Gasteiger partial charge on any atom is 0.246 e. The molecule has 3 heterocycles. The van der Waals surface area contributed by atoms with E-state index in [-0.39, 0.29) is 10.9 Å². The number of rotatable bonds is 3. The lowest BCUT2D eigenvalue weighted by atomic mass is 10.1. The Morgan fingerprint density at radius 2 is 2.04 bits per heavy atom. The van der Waals surface area contributed by atoms with Crippen molar-refractivity contribution in [2.45, 2.75) is 36.8 Å². The van der Waals surface area contributed by atoms with Gasteiger partial charge in [-0.3, -0.25) is 4.68 Å². The van der Waals surface area contributed by atoms with Gasteiger partial charge in [0.25, 0.3) is 0 Å². The normalized spacial score (nSPS) is 23.8. The molecular formula is C14H21N5O3S. The lowest BCUT2D eigenvalue weighted by Gasteiger charge is -2.21. The zero-order valence-electron chi connectivity index (χ0n) is 13.2. The molecule has 126 valence electrons. The molecule has 1 N–H and O–H groups in total. The summed E-state index contributed by atoms with van der Waals surface area (Å²) in [5.74, 6) is 0. The maximum absolute atomic E-state index is 12.8. The van der Waals surface area contributed by atoms with E-state index in [1.807, 2.05) is 4.57 Å². The van der Waals surface area contributed by atoms with Crippen LogP contribution in [0.5, 0.6) is 0 Å². The summed E-state index contributed by atoms with van der Waals surface area (Å²) in [5.41, 5.74) is 0.489. The third-order valence-corrected chi connectivity index (χ3v) is 6.29. The van der Waals surface area contributed by atoms with Gasteiger partial charge in [0, 0.05) is 38.7 Å². The molecule has 9 heteroatoms. The highest BCUT2D eigenvalue weighted by Crippen LogP contribution is 2.27. The highest BCUT2D eigenvalue weighted by Gasteiger charge is 2.33. The van der Waals surface area contributed by atoms with E-state index in [1.165, 1.54) is 15.2 Å². The number of hydrogen-bond acceptors (Lipinski definition) is 5. The summed E-state index contributed by atoms with van der Waals surface area (Å²) < 4.78 is 30.5. The second-order valence-corrected chi connectivity index (χ2v) is 7.78. The second kappa shape index (κ2) is 6.06. The van der Waals surface area contributed by atoms with Crippen LogP contribution in [0.1, 0.15) is 24.6 Å². The van der Waals surface area contributed by atoms with Crippen molar-refractivity contribution in [1.29, 1.82) is 0 Å². The largest absolute Gasteiger partial charge is 0.391 e. The van der Waals surface area contributed by atoms with Gasteiger partial charge in [0.2, 0.25) is 10.0 Å². The fraction of sp³-hybridized carbons (Fsp3) is 0.571. The van der Waals surface area contributed by atoms with Gasteiger partial charge >= 0.3 is 0 Å². The Balaban J connectivity index is 1.83. The summed E-state index contributed by atoms with van der Waals surface area (Å²) in [6, 6.07) is -0.160. The number of hydrogen-bond donors (Lipinski definition) is 1. The predicted molar refractivity (Wildman–Crippen MR) is 83.2 cm³/mol. The van der Waals surface area contributed by atoms with Crippen LogP contribution in [-0.4, -0.2) is 56.4 Å². The Kier molecular flexibility index (Phi) is 4.26. The van der Waals surface area contributed by atoms with Gasteiger partial charge in [0.1, 0.15) is 4.90 Å². The number of imidazole rings is 1. The summed E-state index contributed by atoms with van der Waals surface area (Å²) in [5, 5.41) is 14.5. The quantitative estimate of drug-likeness (QED) is 0.869. The van der Waals surface area contributed by atoms with E-state index >= 15 is 0 Å². The minimum atomic E-state index is -3.60. The van der Waals surface area contributed by atoms with Crippen LogP contribution < -0.4 is 0 Å². The van der Waals surface area contributed by atoms with Crippen LogP contribution in [0.4, 0.5) is 0 Å². The molecule has 0 aliphatic carbocycles. The topological polar surface area (TPSA) is 93.3 Å². The van der Waals surface area contributed by atoms with Crippen LogP contribution in [-0.2, 0) is 17.1 Å². The van der Waals surface area contributed by atoms with Crippen LogP contribution >= 0.6 is 0 Å². The van der Waals surface area contributed by atoms with Gasteiger partial charge in [-0.1, -0.05) is 0 Å². The van der Waals surface area contributed by atoms with Crippen LogP contribution in [0.2, 0.25) is 0 Å².